The Hall–Kier alpha value is -1.52. The molecule has 0 aliphatic rings. The Kier molecular flexibility index (Phi) is 3.50. The fourth-order valence-corrected chi connectivity index (χ4v) is 0.959. The number of hydrogen-bond acceptors (Lipinski definition) is 3. The Morgan fingerprint density at radius 2 is 2.00 bits per heavy atom. The number of hydrogen-bond donors (Lipinski definition) is 0. The van der Waals surface area contributed by atoms with Crippen LogP contribution in [0, 0.1) is 6.07 Å². The van der Waals surface area contributed by atoms with Gasteiger partial charge in [0, 0.05) is 6.07 Å². The van der Waals surface area contributed by atoms with Gasteiger partial charge in [-0.05, 0) is 12.1 Å². The molecule has 0 saturated heterocycles. The zero-order valence-corrected chi connectivity index (χ0v) is 7.71. The zero-order valence-electron chi connectivity index (χ0n) is 7.71. The minimum Gasteiger partial charge on any atom is -0.493 e. The van der Waals surface area contributed by atoms with Gasteiger partial charge in [0.15, 0.2) is 11.5 Å². The van der Waals surface area contributed by atoms with Gasteiger partial charge in [-0.1, -0.05) is 0 Å². The SMILES string of the molecule is COc1[c]ccc(OC)c1OC(F)F. The Morgan fingerprint density at radius 1 is 1.29 bits per heavy atom. The highest BCUT2D eigenvalue weighted by atomic mass is 19.3. The van der Waals surface area contributed by atoms with E-state index in [0.717, 1.165) is 0 Å². The molecule has 0 saturated carbocycles. The molecule has 0 unspecified atom stereocenters. The van der Waals surface area contributed by atoms with Crippen molar-refractivity contribution in [2.24, 2.45) is 0 Å². The highest BCUT2D eigenvalue weighted by Crippen LogP contribution is 2.37. The van der Waals surface area contributed by atoms with E-state index < -0.39 is 6.61 Å². The maximum atomic E-state index is 12.0. The van der Waals surface area contributed by atoms with E-state index in [0.29, 0.717) is 0 Å². The van der Waals surface area contributed by atoms with E-state index in [2.05, 4.69) is 10.8 Å². The third-order valence-electron chi connectivity index (χ3n) is 1.51. The van der Waals surface area contributed by atoms with Gasteiger partial charge in [-0.3, -0.25) is 0 Å². The number of ether oxygens (including phenoxy) is 3. The molecule has 77 valence electrons. The number of benzene rings is 1. The summed E-state index contributed by atoms with van der Waals surface area (Å²) >= 11 is 0. The summed E-state index contributed by atoms with van der Waals surface area (Å²) in [5.41, 5.74) is 0. The zero-order chi connectivity index (χ0) is 10.6. The van der Waals surface area contributed by atoms with Crippen molar-refractivity contribution in [2.45, 2.75) is 6.61 Å². The Balaban J connectivity index is 3.05. The molecular weight excluding hydrogens is 194 g/mol. The second kappa shape index (κ2) is 4.64. The van der Waals surface area contributed by atoms with Crippen LogP contribution in [-0.4, -0.2) is 20.8 Å². The average Bonchev–Trinajstić information content (AvgIpc) is 2.17. The summed E-state index contributed by atoms with van der Waals surface area (Å²) in [6.45, 7) is -2.92. The monoisotopic (exact) mass is 203 g/mol. The molecule has 0 aliphatic heterocycles. The van der Waals surface area contributed by atoms with Gasteiger partial charge in [-0.15, -0.1) is 0 Å². The maximum Gasteiger partial charge on any atom is 0.387 e. The average molecular weight is 203 g/mol. The van der Waals surface area contributed by atoms with Gasteiger partial charge in [0.2, 0.25) is 5.75 Å². The summed E-state index contributed by atoms with van der Waals surface area (Å²) in [6.07, 6.45) is 0. The van der Waals surface area contributed by atoms with Crippen LogP contribution >= 0.6 is 0 Å². The summed E-state index contributed by atoms with van der Waals surface area (Å²) in [6, 6.07) is 5.56. The van der Waals surface area contributed by atoms with Crippen molar-refractivity contribution in [3.05, 3.63) is 18.2 Å². The van der Waals surface area contributed by atoms with E-state index in [1.54, 1.807) is 0 Å². The first-order valence-corrected chi connectivity index (χ1v) is 3.76. The first kappa shape index (κ1) is 10.6. The first-order valence-electron chi connectivity index (χ1n) is 3.76. The predicted octanol–water partition coefficient (Wildman–Crippen LogP) is 2.11. The first-order chi connectivity index (χ1) is 6.69. The van der Waals surface area contributed by atoms with Crippen LogP contribution in [0.4, 0.5) is 8.78 Å². The van der Waals surface area contributed by atoms with Crippen molar-refractivity contribution < 1.29 is 23.0 Å². The lowest BCUT2D eigenvalue weighted by atomic mass is 10.3. The number of alkyl halides is 2. The van der Waals surface area contributed by atoms with E-state index >= 15 is 0 Å². The highest BCUT2D eigenvalue weighted by molar-refractivity contribution is 5.50. The van der Waals surface area contributed by atoms with Crippen molar-refractivity contribution in [2.75, 3.05) is 14.2 Å². The molecule has 0 spiro atoms. The summed E-state index contributed by atoms with van der Waals surface area (Å²) in [5, 5.41) is 0. The van der Waals surface area contributed by atoms with Crippen LogP contribution in [0.15, 0.2) is 12.1 Å². The summed E-state index contributed by atoms with van der Waals surface area (Å²) in [5.74, 6) is 0.123. The van der Waals surface area contributed by atoms with Crippen molar-refractivity contribution >= 4 is 0 Å². The van der Waals surface area contributed by atoms with Gasteiger partial charge in [0.05, 0.1) is 14.2 Å². The number of rotatable bonds is 4. The lowest BCUT2D eigenvalue weighted by Gasteiger charge is -2.12. The van der Waals surface area contributed by atoms with Crippen molar-refractivity contribution in [1.82, 2.24) is 0 Å². The molecule has 0 aromatic heterocycles. The predicted molar refractivity (Wildman–Crippen MR) is 45.0 cm³/mol. The van der Waals surface area contributed by atoms with E-state index in [1.807, 2.05) is 0 Å². The molecule has 3 nitrogen and oxygen atoms in total. The third kappa shape index (κ3) is 2.25. The van der Waals surface area contributed by atoms with E-state index in [4.69, 9.17) is 9.47 Å². The van der Waals surface area contributed by atoms with E-state index in [1.165, 1.54) is 26.4 Å². The van der Waals surface area contributed by atoms with Gasteiger partial charge in [-0.25, -0.2) is 0 Å². The van der Waals surface area contributed by atoms with Crippen LogP contribution in [0.1, 0.15) is 0 Å². The van der Waals surface area contributed by atoms with Crippen LogP contribution in [-0.2, 0) is 0 Å². The fourth-order valence-electron chi connectivity index (χ4n) is 0.959. The summed E-state index contributed by atoms with van der Waals surface area (Å²) in [4.78, 5) is 0. The van der Waals surface area contributed by atoms with E-state index in [-0.39, 0.29) is 17.2 Å². The molecule has 0 heterocycles. The Bertz CT molecular complexity index is 280. The lowest BCUT2D eigenvalue weighted by Crippen LogP contribution is -2.05. The molecule has 0 bridgehead atoms. The normalized spacial score (nSPS) is 10.1. The van der Waals surface area contributed by atoms with Gasteiger partial charge in [0.25, 0.3) is 0 Å². The van der Waals surface area contributed by atoms with Gasteiger partial charge in [-0.2, -0.15) is 8.78 Å². The molecule has 1 radical (unpaired) electrons. The number of methoxy groups -OCH3 is 2. The van der Waals surface area contributed by atoms with Crippen LogP contribution < -0.4 is 14.2 Å². The maximum absolute atomic E-state index is 12.0. The summed E-state index contributed by atoms with van der Waals surface area (Å²) in [7, 11) is 2.69. The summed E-state index contributed by atoms with van der Waals surface area (Å²) < 4.78 is 37.9. The molecule has 0 aliphatic carbocycles. The van der Waals surface area contributed by atoms with E-state index in [9.17, 15) is 8.78 Å². The molecular formula is C9H9F2O3. The van der Waals surface area contributed by atoms with Crippen LogP contribution in [0.3, 0.4) is 0 Å². The Labute approximate surface area is 80.2 Å². The standard InChI is InChI=1S/C9H9F2O3/c1-12-6-4-3-5-7(13-2)8(6)14-9(10)11/h3-4,9H,1-2H3. The van der Waals surface area contributed by atoms with Crippen molar-refractivity contribution in [3.8, 4) is 17.2 Å². The third-order valence-corrected chi connectivity index (χ3v) is 1.51. The minimum atomic E-state index is -2.92. The van der Waals surface area contributed by atoms with Gasteiger partial charge >= 0.3 is 6.61 Å². The van der Waals surface area contributed by atoms with Crippen LogP contribution in [0.25, 0.3) is 0 Å². The minimum absolute atomic E-state index is 0.0876. The lowest BCUT2D eigenvalue weighted by molar-refractivity contribution is -0.0526. The molecule has 14 heavy (non-hydrogen) atoms. The molecule has 5 heteroatoms. The molecule has 1 aromatic carbocycles. The largest absolute Gasteiger partial charge is 0.493 e. The molecule has 0 fully saturated rings. The second-order valence-corrected chi connectivity index (χ2v) is 2.29. The van der Waals surface area contributed by atoms with Crippen molar-refractivity contribution in [3.63, 3.8) is 0 Å². The molecule has 0 atom stereocenters. The van der Waals surface area contributed by atoms with Crippen molar-refractivity contribution in [1.29, 1.82) is 0 Å². The molecule has 0 N–H and O–H groups in total. The van der Waals surface area contributed by atoms with Crippen LogP contribution in [0.5, 0.6) is 17.2 Å². The molecule has 1 rings (SSSR count). The topological polar surface area (TPSA) is 27.7 Å². The Morgan fingerprint density at radius 3 is 2.50 bits per heavy atom. The quantitative estimate of drug-likeness (QED) is 0.750. The molecule has 1 aromatic rings. The van der Waals surface area contributed by atoms with Gasteiger partial charge in [0.1, 0.15) is 0 Å². The molecule has 0 amide bonds. The highest BCUT2D eigenvalue weighted by Gasteiger charge is 2.15. The second-order valence-electron chi connectivity index (χ2n) is 2.29. The fraction of sp³-hybridized carbons (Fsp3) is 0.333. The van der Waals surface area contributed by atoms with Crippen LogP contribution in [0.2, 0.25) is 0 Å². The van der Waals surface area contributed by atoms with Gasteiger partial charge < -0.3 is 14.2 Å². The number of halogens is 2. The smallest absolute Gasteiger partial charge is 0.387 e.